The smallest absolute Gasteiger partial charge is 0.197 e. The van der Waals surface area contributed by atoms with Crippen LogP contribution in [-0.2, 0) is 14.2 Å². The molecule has 228 valence electrons. The number of rotatable bonds is 5. The molecular formula is C28H32O14. The van der Waals surface area contributed by atoms with Gasteiger partial charge < -0.3 is 64.2 Å². The van der Waals surface area contributed by atoms with Gasteiger partial charge in [-0.3, -0.25) is 4.79 Å². The van der Waals surface area contributed by atoms with Crippen LogP contribution in [-0.4, -0.2) is 103 Å². The molecule has 0 amide bonds. The number of methoxy groups -OCH3 is 1. The number of aliphatic hydroxyl groups is 5. The van der Waals surface area contributed by atoms with E-state index in [-0.39, 0.29) is 33.8 Å². The molecule has 8 N–H and O–H groups in total. The summed E-state index contributed by atoms with van der Waals surface area (Å²) in [6.07, 6.45) is -14.9. The number of phenols is 3. The molecule has 14 heteroatoms. The van der Waals surface area contributed by atoms with Gasteiger partial charge in [-0.1, -0.05) is 0 Å². The Labute approximate surface area is 238 Å². The number of fused-ring (bicyclic) bond motifs is 1. The molecule has 10 atom stereocenters. The summed E-state index contributed by atoms with van der Waals surface area (Å²) in [4.78, 5) is 13.2. The maximum absolute atomic E-state index is 13.2. The van der Waals surface area contributed by atoms with Crippen LogP contribution in [0.15, 0.2) is 39.5 Å². The maximum Gasteiger partial charge on any atom is 0.197 e. The van der Waals surface area contributed by atoms with Gasteiger partial charge in [-0.25, -0.2) is 0 Å². The number of hydrogen-bond acceptors (Lipinski definition) is 14. The Bertz CT molecular complexity index is 1520. The molecule has 14 nitrogen and oxygen atoms in total. The molecule has 3 aromatic rings. The molecule has 2 fully saturated rings. The first-order valence-electron chi connectivity index (χ1n) is 13.1. The van der Waals surface area contributed by atoms with Crippen molar-refractivity contribution in [3.8, 4) is 34.3 Å². The molecule has 0 saturated carbocycles. The Balaban J connectivity index is 1.58. The highest BCUT2D eigenvalue weighted by atomic mass is 16.7. The summed E-state index contributed by atoms with van der Waals surface area (Å²) in [7, 11) is 1.35. The average Bonchev–Trinajstić information content (AvgIpc) is 2.95. The van der Waals surface area contributed by atoms with Crippen LogP contribution in [0, 0.1) is 0 Å². The van der Waals surface area contributed by atoms with Crippen molar-refractivity contribution in [2.75, 3.05) is 7.11 Å². The number of aromatic hydroxyl groups is 3. The highest BCUT2D eigenvalue weighted by Gasteiger charge is 2.50. The summed E-state index contributed by atoms with van der Waals surface area (Å²) < 4.78 is 27.9. The van der Waals surface area contributed by atoms with Crippen LogP contribution < -0.4 is 10.2 Å². The number of ether oxygens (including phenoxy) is 4. The van der Waals surface area contributed by atoms with Gasteiger partial charge in [0.05, 0.1) is 24.9 Å². The van der Waals surface area contributed by atoms with Gasteiger partial charge in [-0.15, -0.1) is 0 Å². The zero-order valence-corrected chi connectivity index (χ0v) is 22.7. The molecular weight excluding hydrogens is 560 g/mol. The minimum absolute atomic E-state index is 0.0398. The van der Waals surface area contributed by atoms with Gasteiger partial charge in [0.15, 0.2) is 23.2 Å². The number of aliphatic hydroxyl groups excluding tert-OH is 5. The van der Waals surface area contributed by atoms with Crippen LogP contribution in [0.5, 0.6) is 23.0 Å². The van der Waals surface area contributed by atoms with Gasteiger partial charge in [-0.05, 0) is 32.0 Å². The van der Waals surface area contributed by atoms with Crippen molar-refractivity contribution in [2.45, 2.75) is 75.1 Å². The molecule has 1 aromatic heterocycles. The summed E-state index contributed by atoms with van der Waals surface area (Å²) in [6, 6.07) is 6.39. The van der Waals surface area contributed by atoms with E-state index in [0.29, 0.717) is 5.56 Å². The lowest BCUT2D eigenvalue weighted by Gasteiger charge is -2.46. The Kier molecular flexibility index (Phi) is 8.08. The predicted octanol–water partition coefficient (Wildman–Crippen LogP) is -0.0203. The number of phenolic OH excluding ortho intramolecular Hbond substituents is 3. The van der Waals surface area contributed by atoms with Crippen LogP contribution in [0.4, 0.5) is 0 Å². The SMILES string of the molecule is COc1cc(-c2cc(=O)c3c(O)c([C@@H]4O[C@H](C)[C@H](O)[C@H](O)[C@H]4O[C@@H]4O[C@@H](C)[C@H](O)[C@@H](O)[C@H]4O)c(O)cc3o2)ccc1O. The highest BCUT2D eigenvalue weighted by Crippen LogP contribution is 2.46. The van der Waals surface area contributed by atoms with E-state index in [0.717, 1.165) is 12.1 Å². The summed E-state index contributed by atoms with van der Waals surface area (Å²) >= 11 is 0. The van der Waals surface area contributed by atoms with E-state index in [2.05, 4.69) is 0 Å². The van der Waals surface area contributed by atoms with Crippen LogP contribution in [0.1, 0.15) is 25.5 Å². The molecule has 2 aliphatic heterocycles. The minimum Gasteiger partial charge on any atom is -0.507 e. The van der Waals surface area contributed by atoms with Crippen LogP contribution in [0.2, 0.25) is 0 Å². The fourth-order valence-corrected chi connectivity index (χ4v) is 5.26. The Morgan fingerprint density at radius 1 is 0.786 bits per heavy atom. The summed E-state index contributed by atoms with van der Waals surface area (Å²) in [6.45, 7) is 2.84. The summed E-state index contributed by atoms with van der Waals surface area (Å²) in [5.41, 5.74) is -0.942. The van der Waals surface area contributed by atoms with Crippen LogP contribution in [0.3, 0.4) is 0 Å². The second kappa shape index (κ2) is 11.3. The first-order chi connectivity index (χ1) is 19.8. The molecule has 0 bridgehead atoms. The first-order valence-corrected chi connectivity index (χ1v) is 13.1. The Morgan fingerprint density at radius 2 is 1.45 bits per heavy atom. The average molecular weight is 593 g/mol. The first kappa shape index (κ1) is 30.0. The standard InChI is InChI=1S/C28H32O14/c1-9-21(33)24(36)27(42-28-25(37)23(35)20(32)10(2)40-28)26(39-9)19-14(31)8-17-18(22(19)34)13(30)7-15(41-17)11-4-5-12(29)16(6-11)38-3/h4-10,20-21,23-29,31-37H,1-3H3/t9-,10+,20+,21+,23-,24+,25-,26+,27-,28+/m1/s1. The third kappa shape index (κ3) is 5.05. The topological polar surface area (TPSA) is 229 Å². The minimum atomic E-state index is -1.77. The number of hydrogen-bond donors (Lipinski definition) is 8. The summed E-state index contributed by atoms with van der Waals surface area (Å²) in [5.74, 6) is -1.35. The van der Waals surface area contributed by atoms with Crippen molar-refractivity contribution < 1.29 is 64.2 Å². The van der Waals surface area contributed by atoms with E-state index in [1.165, 1.54) is 39.2 Å². The number of benzene rings is 2. The molecule has 0 spiro atoms. The molecule has 0 radical (unpaired) electrons. The maximum atomic E-state index is 13.2. The van der Waals surface area contributed by atoms with E-state index in [1.54, 1.807) is 0 Å². The van der Waals surface area contributed by atoms with Gasteiger partial charge in [0.25, 0.3) is 0 Å². The third-order valence-corrected chi connectivity index (χ3v) is 7.69. The molecule has 5 rings (SSSR count). The van der Waals surface area contributed by atoms with E-state index < -0.39 is 78.2 Å². The molecule has 2 saturated heterocycles. The van der Waals surface area contributed by atoms with Crippen molar-refractivity contribution in [3.05, 3.63) is 46.1 Å². The van der Waals surface area contributed by atoms with Crippen molar-refractivity contribution in [1.82, 2.24) is 0 Å². The zero-order valence-electron chi connectivity index (χ0n) is 22.7. The van der Waals surface area contributed by atoms with Gasteiger partial charge in [0, 0.05) is 17.7 Å². The van der Waals surface area contributed by atoms with Crippen molar-refractivity contribution in [3.63, 3.8) is 0 Å². The molecule has 3 heterocycles. The zero-order chi connectivity index (χ0) is 30.6. The normalized spacial score (nSPS) is 33.5. The van der Waals surface area contributed by atoms with Crippen molar-refractivity contribution in [2.24, 2.45) is 0 Å². The molecule has 42 heavy (non-hydrogen) atoms. The fourth-order valence-electron chi connectivity index (χ4n) is 5.26. The fraction of sp³-hybridized carbons (Fsp3) is 0.464. The van der Waals surface area contributed by atoms with Gasteiger partial charge in [-0.2, -0.15) is 0 Å². The van der Waals surface area contributed by atoms with Crippen LogP contribution >= 0.6 is 0 Å². The van der Waals surface area contributed by atoms with E-state index in [9.17, 15) is 45.6 Å². The predicted molar refractivity (Wildman–Crippen MR) is 142 cm³/mol. The van der Waals surface area contributed by atoms with Crippen LogP contribution in [0.25, 0.3) is 22.3 Å². The second-order valence-corrected chi connectivity index (χ2v) is 10.4. The Morgan fingerprint density at radius 3 is 2.14 bits per heavy atom. The molecule has 2 aliphatic rings. The van der Waals surface area contributed by atoms with Crippen molar-refractivity contribution in [1.29, 1.82) is 0 Å². The summed E-state index contributed by atoms with van der Waals surface area (Å²) in [5, 5.41) is 83.9. The lowest BCUT2D eigenvalue weighted by atomic mass is 9.89. The molecule has 2 aromatic carbocycles. The molecule has 0 unspecified atom stereocenters. The van der Waals surface area contributed by atoms with Gasteiger partial charge in [0.2, 0.25) is 0 Å². The lowest BCUT2D eigenvalue weighted by Crippen LogP contribution is -2.61. The van der Waals surface area contributed by atoms with Crippen molar-refractivity contribution >= 4 is 11.0 Å². The van der Waals surface area contributed by atoms with Gasteiger partial charge in [0.1, 0.15) is 71.0 Å². The van der Waals surface area contributed by atoms with E-state index in [1.807, 2.05) is 0 Å². The van der Waals surface area contributed by atoms with E-state index >= 15 is 0 Å². The quantitative estimate of drug-likeness (QED) is 0.195. The monoisotopic (exact) mass is 592 g/mol. The largest absolute Gasteiger partial charge is 0.507 e. The molecule has 0 aliphatic carbocycles. The van der Waals surface area contributed by atoms with Gasteiger partial charge >= 0.3 is 0 Å². The lowest BCUT2D eigenvalue weighted by molar-refractivity contribution is -0.336. The van der Waals surface area contributed by atoms with E-state index in [4.69, 9.17) is 23.4 Å². The Hall–Kier alpha value is -3.47. The highest BCUT2D eigenvalue weighted by molar-refractivity contribution is 5.88. The second-order valence-electron chi connectivity index (χ2n) is 10.4. The third-order valence-electron chi connectivity index (χ3n) is 7.69.